The zero-order valence-corrected chi connectivity index (χ0v) is 11.2. The molecule has 0 atom stereocenters. The largest absolute Gasteiger partial charge is 0.465 e. The number of hydrogen-bond acceptors (Lipinski definition) is 5. The molecule has 0 amide bonds. The van der Waals surface area contributed by atoms with Crippen LogP contribution in [0.5, 0.6) is 11.5 Å². The molecule has 5 nitrogen and oxygen atoms in total. The third-order valence-corrected chi connectivity index (χ3v) is 3.34. The average Bonchev–Trinajstić information content (AvgIpc) is 2.46. The zero-order valence-electron chi connectivity index (χ0n) is 11.2. The van der Waals surface area contributed by atoms with Crippen LogP contribution in [0, 0.1) is 0 Å². The highest BCUT2D eigenvalue weighted by Crippen LogP contribution is 2.46. The number of nitrogens with two attached hydrogens (primary N) is 1. The van der Waals surface area contributed by atoms with Crippen molar-refractivity contribution < 1.29 is 14.3 Å². The number of carbonyl (C=O) groups is 1. The van der Waals surface area contributed by atoms with Crippen LogP contribution in [-0.2, 0) is 4.74 Å². The molecule has 1 aliphatic rings. The van der Waals surface area contributed by atoms with Crippen molar-refractivity contribution in [1.82, 2.24) is 0 Å². The van der Waals surface area contributed by atoms with Crippen molar-refractivity contribution in [2.24, 2.45) is 0 Å². The standard InChI is InChI=1S/C15H14N2O3/c1-17-11-5-3-4-6-13(11)20-14-8-10(16)9(7-12(14)17)15(18)19-2/h3-8H,16H2,1-2H3. The van der Waals surface area contributed by atoms with Crippen molar-refractivity contribution in [3.8, 4) is 11.5 Å². The summed E-state index contributed by atoms with van der Waals surface area (Å²) in [6.45, 7) is 0. The van der Waals surface area contributed by atoms with Gasteiger partial charge < -0.3 is 20.1 Å². The van der Waals surface area contributed by atoms with Gasteiger partial charge in [-0.1, -0.05) is 12.1 Å². The summed E-state index contributed by atoms with van der Waals surface area (Å²) in [7, 11) is 3.24. The number of hydrogen-bond donors (Lipinski definition) is 1. The number of nitrogens with zero attached hydrogens (tertiary/aromatic N) is 1. The predicted molar refractivity (Wildman–Crippen MR) is 76.8 cm³/mol. The van der Waals surface area contributed by atoms with Gasteiger partial charge in [0.2, 0.25) is 0 Å². The number of esters is 1. The van der Waals surface area contributed by atoms with Crippen LogP contribution in [0.15, 0.2) is 36.4 Å². The molecule has 0 radical (unpaired) electrons. The first-order valence-electron chi connectivity index (χ1n) is 6.14. The molecule has 0 saturated heterocycles. The number of anilines is 3. The van der Waals surface area contributed by atoms with E-state index >= 15 is 0 Å². The SMILES string of the molecule is COC(=O)c1cc2c(cc1N)Oc1ccccc1N2C. The number of ether oxygens (including phenoxy) is 2. The van der Waals surface area contributed by atoms with E-state index in [2.05, 4.69) is 0 Å². The summed E-state index contributed by atoms with van der Waals surface area (Å²) in [5.74, 6) is 0.918. The lowest BCUT2D eigenvalue weighted by atomic mass is 10.1. The highest BCUT2D eigenvalue weighted by atomic mass is 16.5. The Balaban J connectivity index is 2.14. The number of nitrogen functional groups attached to an aromatic ring is 1. The van der Waals surface area contributed by atoms with Gasteiger partial charge in [0.1, 0.15) is 0 Å². The first-order valence-corrected chi connectivity index (χ1v) is 6.14. The van der Waals surface area contributed by atoms with Crippen molar-refractivity contribution in [2.45, 2.75) is 0 Å². The van der Waals surface area contributed by atoms with Crippen LogP contribution in [0.3, 0.4) is 0 Å². The van der Waals surface area contributed by atoms with E-state index in [1.54, 1.807) is 12.1 Å². The summed E-state index contributed by atoms with van der Waals surface area (Å²) in [6, 6.07) is 11.0. The van der Waals surface area contributed by atoms with Crippen LogP contribution in [0.25, 0.3) is 0 Å². The molecule has 2 N–H and O–H groups in total. The fourth-order valence-electron chi connectivity index (χ4n) is 2.28. The number of rotatable bonds is 1. The number of carbonyl (C=O) groups excluding carboxylic acids is 1. The van der Waals surface area contributed by atoms with Crippen molar-refractivity contribution in [2.75, 3.05) is 24.8 Å². The van der Waals surface area contributed by atoms with Gasteiger partial charge in [0, 0.05) is 18.8 Å². The summed E-state index contributed by atoms with van der Waals surface area (Å²) in [5.41, 5.74) is 8.27. The molecule has 0 aromatic heterocycles. The number of para-hydroxylation sites is 2. The molecule has 0 spiro atoms. The Morgan fingerprint density at radius 3 is 2.70 bits per heavy atom. The maximum absolute atomic E-state index is 11.7. The number of fused-ring (bicyclic) bond motifs is 2. The summed E-state index contributed by atoms with van der Waals surface area (Å²) in [4.78, 5) is 13.7. The number of benzene rings is 2. The van der Waals surface area contributed by atoms with Crippen molar-refractivity contribution in [3.05, 3.63) is 42.0 Å². The van der Waals surface area contributed by atoms with Gasteiger partial charge in [-0.15, -0.1) is 0 Å². The average molecular weight is 270 g/mol. The van der Waals surface area contributed by atoms with E-state index in [0.717, 1.165) is 17.1 Å². The minimum atomic E-state index is -0.461. The summed E-state index contributed by atoms with van der Waals surface area (Å²) < 4.78 is 10.6. The third kappa shape index (κ3) is 1.75. The predicted octanol–water partition coefficient (Wildman–Crippen LogP) is 2.93. The van der Waals surface area contributed by atoms with Gasteiger partial charge in [-0.3, -0.25) is 0 Å². The van der Waals surface area contributed by atoms with Crippen LogP contribution in [0.1, 0.15) is 10.4 Å². The Morgan fingerprint density at radius 2 is 1.95 bits per heavy atom. The monoisotopic (exact) mass is 270 g/mol. The van der Waals surface area contributed by atoms with Crippen LogP contribution in [-0.4, -0.2) is 20.1 Å². The summed E-state index contributed by atoms with van der Waals surface area (Å²) >= 11 is 0. The smallest absolute Gasteiger partial charge is 0.340 e. The second-order valence-electron chi connectivity index (χ2n) is 4.53. The van der Waals surface area contributed by atoms with Crippen LogP contribution >= 0.6 is 0 Å². The van der Waals surface area contributed by atoms with E-state index in [4.69, 9.17) is 15.2 Å². The Bertz CT molecular complexity index is 698. The first kappa shape index (κ1) is 12.3. The molecule has 20 heavy (non-hydrogen) atoms. The van der Waals surface area contributed by atoms with Crippen molar-refractivity contribution in [3.63, 3.8) is 0 Å². The highest BCUT2D eigenvalue weighted by Gasteiger charge is 2.24. The molecule has 0 unspecified atom stereocenters. The molecule has 0 fully saturated rings. The third-order valence-electron chi connectivity index (χ3n) is 3.34. The Kier molecular flexibility index (Phi) is 2.75. The second-order valence-corrected chi connectivity index (χ2v) is 4.53. The van der Waals surface area contributed by atoms with E-state index in [1.807, 2.05) is 36.2 Å². The molecule has 0 aliphatic carbocycles. The lowest BCUT2D eigenvalue weighted by Crippen LogP contribution is -2.17. The molecule has 1 heterocycles. The molecule has 1 aliphatic heterocycles. The maximum Gasteiger partial charge on any atom is 0.340 e. The fraction of sp³-hybridized carbons (Fsp3) is 0.133. The molecular formula is C15H14N2O3. The molecule has 0 bridgehead atoms. The molecular weight excluding hydrogens is 256 g/mol. The van der Waals surface area contributed by atoms with Gasteiger partial charge in [-0.25, -0.2) is 4.79 Å². The van der Waals surface area contributed by atoms with Gasteiger partial charge in [0.05, 0.1) is 24.0 Å². The molecule has 2 aromatic carbocycles. The maximum atomic E-state index is 11.7. The van der Waals surface area contributed by atoms with Gasteiger partial charge in [0.25, 0.3) is 0 Å². The normalized spacial score (nSPS) is 12.2. The van der Waals surface area contributed by atoms with Crippen molar-refractivity contribution in [1.29, 1.82) is 0 Å². The van der Waals surface area contributed by atoms with Crippen LogP contribution in [0.2, 0.25) is 0 Å². The minimum absolute atomic E-state index is 0.334. The van der Waals surface area contributed by atoms with E-state index in [0.29, 0.717) is 17.0 Å². The van der Waals surface area contributed by atoms with Gasteiger partial charge >= 0.3 is 5.97 Å². The van der Waals surface area contributed by atoms with E-state index < -0.39 is 5.97 Å². The lowest BCUT2D eigenvalue weighted by molar-refractivity contribution is 0.0602. The first-order chi connectivity index (χ1) is 9.61. The lowest BCUT2D eigenvalue weighted by Gasteiger charge is -2.30. The second kappa shape index (κ2) is 4.45. The summed E-state index contributed by atoms with van der Waals surface area (Å²) in [5, 5.41) is 0. The minimum Gasteiger partial charge on any atom is -0.465 e. The van der Waals surface area contributed by atoms with E-state index in [1.165, 1.54) is 7.11 Å². The highest BCUT2D eigenvalue weighted by molar-refractivity contribution is 5.98. The topological polar surface area (TPSA) is 64.8 Å². The molecule has 3 rings (SSSR count). The molecule has 2 aromatic rings. The summed E-state index contributed by atoms with van der Waals surface area (Å²) in [6.07, 6.45) is 0. The van der Waals surface area contributed by atoms with E-state index in [9.17, 15) is 4.79 Å². The van der Waals surface area contributed by atoms with Crippen LogP contribution < -0.4 is 15.4 Å². The van der Waals surface area contributed by atoms with E-state index in [-0.39, 0.29) is 0 Å². The number of methoxy groups -OCH3 is 1. The van der Waals surface area contributed by atoms with Crippen LogP contribution in [0.4, 0.5) is 17.1 Å². The fourth-order valence-corrected chi connectivity index (χ4v) is 2.28. The van der Waals surface area contributed by atoms with Gasteiger partial charge in [-0.05, 0) is 18.2 Å². The van der Waals surface area contributed by atoms with Gasteiger partial charge in [0.15, 0.2) is 11.5 Å². The molecule has 102 valence electrons. The Labute approximate surface area is 116 Å². The Hall–Kier alpha value is -2.69. The Morgan fingerprint density at radius 1 is 1.20 bits per heavy atom. The van der Waals surface area contributed by atoms with Crippen molar-refractivity contribution >= 4 is 23.0 Å². The quantitative estimate of drug-likeness (QED) is 0.637. The zero-order chi connectivity index (χ0) is 14.3. The molecule has 5 heteroatoms. The molecule has 0 saturated carbocycles. The van der Waals surface area contributed by atoms with Gasteiger partial charge in [-0.2, -0.15) is 0 Å².